The highest BCUT2D eigenvalue weighted by atomic mass is 32.2. The molecule has 0 amide bonds. The second-order valence-electron chi connectivity index (χ2n) is 8.83. The predicted molar refractivity (Wildman–Crippen MR) is 126 cm³/mol. The minimum atomic E-state index is -3.58. The Morgan fingerprint density at radius 1 is 0.879 bits per heavy atom. The molecule has 0 saturated carbocycles. The largest absolute Gasteiger partial charge is 0.299 e. The van der Waals surface area contributed by atoms with E-state index in [1.54, 1.807) is 41.6 Å². The number of benzene rings is 2. The lowest BCUT2D eigenvalue weighted by Crippen LogP contribution is -2.32. The van der Waals surface area contributed by atoms with Gasteiger partial charge in [-0.05, 0) is 61.1 Å². The Hall–Kier alpha value is -2.38. The van der Waals surface area contributed by atoms with Crippen LogP contribution in [0.15, 0.2) is 47.4 Å². The van der Waals surface area contributed by atoms with E-state index in [0.29, 0.717) is 36.2 Å². The highest BCUT2D eigenvalue weighted by Gasteiger charge is 2.27. The molecule has 1 saturated heterocycles. The van der Waals surface area contributed by atoms with Crippen molar-refractivity contribution >= 4 is 21.6 Å². The summed E-state index contributed by atoms with van der Waals surface area (Å²) < 4.78 is 41.2. The summed E-state index contributed by atoms with van der Waals surface area (Å²) in [6.07, 6.45) is 5.05. The van der Waals surface area contributed by atoms with Gasteiger partial charge in [0.1, 0.15) is 17.4 Å². The first-order chi connectivity index (χ1) is 15.8. The van der Waals surface area contributed by atoms with Gasteiger partial charge in [0.25, 0.3) is 0 Å². The van der Waals surface area contributed by atoms with Crippen molar-refractivity contribution in [3.63, 3.8) is 0 Å². The van der Waals surface area contributed by atoms with E-state index in [-0.39, 0.29) is 48.0 Å². The van der Waals surface area contributed by atoms with Crippen molar-refractivity contribution in [2.24, 2.45) is 0 Å². The quantitative estimate of drug-likeness (QED) is 0.497. The Balaban J connectivity index is 1.55. The van der Waals surface area contributed by atoms with Crippen LogP contribution in [0.1, 0.15) is 61.6 Å². The molecule has 1 aliphatic heterocycles. The van der Waals surface area contributed by atoms with Gasteiger partial charge in [0.05, 0.1) is 4.90 Å². The van der Waals surface area contributed by atoms with Crippen LogP contribution in [0.3, 0.4) is 0 Å². The number of carbonyl (C=O) groups is 2. The molecule has 33 heavy (non-hydrogen) atoms. The Morgan fingerprint density at radius 3 is 2.09 bits per heavy atom. The van der Waals surface area contributed by atoms with Gasteiger partial charge in [-0.25, -0.2) is 12.8 Å². The molecule has 2 aromatic rings. The molecule has 0 aromatic heterocycles. The van der Waals surface area contributed by atoms with E-state index in [0.717, 1.165) is 25.7 Å². The number of aryl methyl sites for hydroxylation is 1. The average molecular weight is 474 g/mol. The minimum Gasteiger partial charge on any atom is -0.299 e. The molecular formula is C26H32FNO4S. The third-order valence-electron chi connectivity index (χ3n) is 6.04. The van der Waals surface area contributed by atoms with E-state index in [4.69, 9.17) is 0 Å². The molecule has 2 aromatic carbocycles. The first kappa shape index (κ1) is 25.2. The van der Waals surface area contributed by atoms with Crippen LogP contribution >= 0.6 is 0 Å². The van der Waals surface area contributed by atoms with Gasteiger partial charge < -0.3 is 0 Å². The number of sulfonamides is 1. The van der Waals surface area contributed by atoms with Crippen LogP contribution in [0.25, 0.3) is 0 Å². The zero-order valence-corrected chi connectivity index (χ0v) is 20.0. The van der Waals surface area contributed by atoms with E-state index in [2.05, 4.69) is 0 Å². The fourth-order valence-corrected chi connectivity index (χ4v) is 6.01. The minimum absolute atomic E-state index is 0.0319. The maximum atomic E-state index is 13.2. The summed E-state index contributed by atoms with van der Waals surface area (Å²) in [5.74, 6) is -0.434. The first-order valence-corrected chi connectivity index (χ1v) is 13.1. The number of halogens is 1. The summed E-state index contributed by atoms with van der Waals surface area (Å²) in [6.45, 7) is 2.85. The number of Topliss-reactive ketones (excluding diaryl/α,β-unsaturated/α-hetero) is 2. The normalized spacial score (nSPS) is 15.2. The third kappa shape index (κ3) is 7.30. The Kier molecular flexibility index (Phi) is 8.92. The van der Waals surface area contributed by atoms with Crippen LogP contribution in [0.4, 0.5) is 4.39 Å². The molecule has 1 heterocycles. The standard InChI is InChI=1S/C26H32FNO4S/c1-20-12-13-22(19-26(20)33(31,32)28-14-4-2-3-5-15-28)18-25(30)11-7-10-24(29)17-21-8-6-9-23(27)16-21/h6,8-9,12-13,16,19H,2-5,7,10-11,14-15,17-18H2,1H3. The van der Waals surface area contributed by atoms with Gasteiger partial charge in [0.2, 0.25) is 10.0 Å². The van der Waals surface area contributed by atoms with Crippen LogP contribution in [-0.4, -0.2) is 37.4 Å². The van der Waals surface area contributed by atoms with Gasteiger partial charge in [-0.3, -0.25) is 9.59 Å². The lowest BCUT2D eigenvalue weighted by molar-refractivity contribution is -0.119. The molecule has 178 valence electrons. The topological polar surface area (TPSA) is 71.5 Å². The van der Waals surface area contributed by atoms with Crippen LogP contribution in [0.5, 0.6) is 0 Å². The van der Waals surface area contributed by atoms with Crippen LogP contribution in [0.2, 0.25) is 0 Å². The number of carbonyl (C=O) groups excluding carboxylic acids is 2. The summed E-state index contributed by atoms with van der Waals surface area (Å²) in [4.78, 5) is 24.9. The molecule has 0 atom stereocenters. The SMILES string of the molecule is Cc1ccc(CC(=O)CCCC(=O)Cc2cccc(F)c2)cc1S(=O)(=O)N1CCCCCC1. The number of hydrogen-bond donors (Lipinski definition) is 0. The van der Waals surface area contributed by atoms with Crippen molar-refractivity contribution in [2.75, 3.05) is 13.1 Å². The Labute approximate surface area is 196 Å². The van der Waals surface area contributed by atoms with Gasteiger partial charge in [-0.15, -0.1) is 0 Å². The Morgan fingerprint density at radius 2 is 1.48 bits per heavy atom. The highest BCUT2D eigenvalue weighted by Crippen LogP contribution is 2.24. The van der Waals surface area contributed by atoms with E-state index < -0.39 is 10.0 Å². The third-order valence-corrected chi connectivity index (χ3v) is 8.08. The molecule has 5 nitrogen and oxygen atoms in total. The van der Waals surface area contributed by atoms with Crippen molar-refractivity contribution < 1.29 is 22.4 Å². The monoisotopic (exact) mass is 473 g/mol. The molecule has 7 heteroatoms. The van der Waals surface area contributed by atoms with Crippen LogP contribution in [0, 0.1) is 12.7 Å². The molecule has 1 fully saturated rings. The van der Waals surface area contributed by atoms with Gasteiger partial charge in [-0.2, -0.15) is 4.31 Å². The summed E-state index contributed by atoms with van der Waals surface area (Å²) in [6, 6.07) is 11.1. The molecule has 0 bridgehead atoms. The smallest absolute Gasteiger partial charge is 0.243 e. The van der Waals surface area contributed by atoms with Crippen molar-refractivity contribution in [3.05, 3.63) is 65.0 Å². The van der Waals surface area contributed by atoms with E-state index in [1.807, 2.05) is 0 Å². The molecular weight excluding hydrogens is 441 g/mol. The molecule has 1 aliphatic rings. The van der Waals surface area contributed by atoms with Gasteiger partial charge in [0, 0.05) is 38.8 Å². The first-order valence-electron chi connectivity index (χ1n) is 11.6. The van der Waals surface area contributed by atoms with E-state index >= 15 is 0 Å². The second-order valence-corrected chi connectivity index (χ2v) is 10.7. The maximum Gasteiger partial charge on any atom is 0.243 e. The molecule has 0 unspecified atom stereocenters. The molecule has 0 aliphatic carbocycles. The van der Waals surface area contributed by atoms with Crippen molar-refractivity contribution in [1.82, 2.24) is 4.31 Å². The van der Waals surface area contributed by atoms with Crippen molar-refractivity contribution in [1.29, 1.82) is 0 Å². The van der Waals surface area contributed by atoms with Crippen molar-refractivity contribution in [3.8, 4) is 0 Å². The molecule has 0 N–H and O–H groups in total. The number of nitrogens with zero attached hydrogens (tertiary/aromatic N) is 1. The highest BCUT2D eigenvalue weighted by molar-refractivity contribution is 7.89. The fourth-order valence-electron chi connectivity index (χ4n) is 4.22. The lowest BCUT2D eigenvalue weighted by atomic mass is 10.0. The summed E-state index contributed by atoms with van der Waals surface area (Å²) in [5.41, 5.74) is 1.98. The fraction of sp³-hybridized carbons (Fsp3) is 0.462. The van der Waals surface area contributed by atoms with Gasteiger partial charge >= 0.3 is 0 Å². The van der Waals surface area contributed by atoms with E-state index in [9.17, 15) is 22.4 Å². The van der Waals surface area contributed by atoms with E-state index in [1.165, 1.54) is 12.1 Å². The van der Waals surface area contributed by atoms with Gasteiger partial charge in [0.15, 0.2) is 0 Å². The second kappa shape index (κ2) is 11.7. The van der Waals surface area contributed by atoms with Crippen LogP contribution < -0.4 is 0 Å². The zero-order chi connectivity index (χ0) is 23.8. The lowest BCUT2D eigenvalue weighted by Gasteiger charge is -2.21. The predicted octanol–water partition coefficient (Wildman–Crippen LogP) is 4.79. The molecule has 3 rings (SSSR count). The number of ketones is 2. The zero-order valence-electron chi connectivity index (χ0n) is 19.2. The van der Waals surface area contributed by atoms with Crippen molar-refractivity contribution in [2.45, 2.75) is 69.6 Å². The number of hydrogen-bond acceptors (Lipinski definition) is 4. The Bertz CT molecular complexity index is 1090. The summed E-state index contributed by atoms with van der Waals surface area (Å²) in [7, 11) is -3.58. The van der Waals surface area contributed by atoms with Gasteiger partial charge in [-0.1, -0.05) is 37.1 Å². The number of rotatable bonds is 10. The summed E-state index contributed by atoms with van der Waals surface area (Å²) in [5, 5.41) is 0. The van der Waals surface area contributed by atoms with Crippen LogP contribution in [-0.2, 0) is 32.5 Å². The molecule has 0 spiro atoms. The summed E-state index contributed by atoms with van der Waals surface area (Å²) >= 11 is 0. The maximum absolute atomic E-state index is 13.2. The average Bonchev–Trinajstić information content (AvgIpc) is 3.05. The molecule has 0 radical (unpaired) electrons.